The summed E-state index contributed by atoms with van der Waals surface area (Å²) < 4.78 is 8.10. The van der Waals surface area contributed by atoms with Gasteiger partial charge in [0.25, 0.3) is 0 Å². The van der Waals surface area contributed by atoms with Crippen LogP contribution in [-0.4, -0.2) is 42.3 Å². The third kappa shape index (κ3) is 7.28. The molecule has 1 heterocycles. The molecule has 0 saturated heterocycles. The lowest BCUT2D eigenvalue weighted by atomic mass is 10.1. The summed E-state index contributed by atoms with van der Waals surface area (Å²) in [6, 6.07) is 18.5. The van der Waals surface area contributed by atoms with E-state index in [-0.39, 0.29) is 30.1 Å². The number of para-hydroxylation sites is 2. The fraction of sp³-hybridized carbons (Fsp3) is 0.391. The van der Waals surface area contributed by atoms with Crippen LogP contribution in [0.5, 0.6) is 0 Å². The van der Waals surface area contributed by atoms with Gasteiger partial charge in [0.05, 0.1) is 23.5 Å². The van der Waals surface area contributed by atoms with Crippen LogP contribution in [-0.2, 0) is 11.3 Å². The molecule has 2 N–H and O–H groups in total. The second-order valence-corrected chi connectivity index (χ2v) is 6.98. The van der Waals surface area contributed by atoms with Gasteiger partial charge in [0.1, 0.15) is 0 Å². The van der Waals surface area contributed by atoms with Crippen molar-refractivity contribution in [2.75, 3.05) is 26.7 Å². The third-order valence-corrected chi connectivity index (χ3v) is 4.87. The van der Waals surface area contributed by atoms with Crippen LogP contribution in [0.15, 0.2) is 65.9 Å². The van der Waals surface area contributed by atoms with Gasteiger partial charge < -0.3 is 19.9 Å². The molecular weight excluding hydrogens is 489 g/mol. The molecule has 2 aromatic carbocycles. The molecule has 0 saturated carbocycles. The van der Waals surface area contributed by atoms with Gasteiger partial charge in [0.15, 0.2) is 5.96 Å². The fourth-order valence-corrected chi connectivity index (χ4v) is 3.22. The van der Waals surface area contributed by atoms with Gasteiger partial charge >= 0.3 is 0 Å². The van der Waals surface area contributed by atoms with Crippen LogP contribution in [0, 0.1) is 0 Å². The summed E-state index contributed by atoms with van der Waals surface area (Å²) in [7, 11) is 1.80. The zero-order valence-electron chi connectivity index (χ0n) is 17.8. The van der Waals surface area contributed by atoms with E-state index in [0.29, 0.717) is 6.61 Å². The van der Waals surface area contributed by atoms with Gasteiger partial charge in [-0.15, -0.1) is 24.0 Å². The maximum atomic E-state index is 5.91. The summed E-state index contributed by atoms with van der Waals surface area (Å²) in [5.74, 6) is 0.830. The molecule has 1 aromatic heterocycles. The van der Waals surface area contributed by atoms with Gasteiger partial charge in [-0.1, -0.05) is 42.5 Å². The number of halogens is 1. The molecule has 162 valence electrons. The standard InChI is InChI=1S/C23H31N5O.HI/c1-19(20-10-4-3-5-11-20)29-17-9-15-26-23(24-2)25-14-8-16-28-18-27-21-12-6-7-13-22(21)28;/h3-7,10-13,18-19H,8-9,14-17H2,1-2H3,(H2,24,25,26);1H. The van der Waals surface area contributed by atoms with Gasteiger partial charge in [-0.25, -0.2) is 4.98 Å². The smallest absolute Gasteiger partial charge is 0.190 e. The number of aliphatic imine (C=N–C) groups is 1. The van der Waals surface area contributed by atoms with Crippen LogP contribution in [0.3, 0.4) is 0 Å². The zero-order valence-corrected chi connectivity index (χ0v) is 20.1. The predicted molar refractivity (Wildman–Crippen MR) is 135 cm³/mol. The molecule has 30 heavy (non-hydrogen) atoms. The van der Waals surface area contributed by atoms with Crippen LogP contribution >= 0.6 is 24.0 Å². The van der Waals surface area contributed by atoms with Gasteiger partial charge in [-0.3, -0.25) is 4.99 Å². The Balaban J connectivity index is 0.00000320. The number of ether oxygens (including phenoxy) is 1. The fourth-order valence-electron chi connectivity index (χ4n) is 3.22. The Morgan fingerprint density at radius 2 is 1.73 bits per heavy atom. The number of guanidine groups is 1. The van der Waals surface area contributed by atoms with Gasteiger partial charge in [-0.2, -0.15) is 0 Å². The van der Waals surface area contributed by atoms with Crippen molar-refractivity contribution in [1.29, 1.82) is 0 Å². The Morgan fingerprint density at radius 1 is 1.03 bits per heavy atom. The summed E-state index contributed by atoms with van der Waals surface area (Å²) in [5, 5.41) is 6.72. The number of aryl methyl sites for hydroxylation is 1. The molecule has 7 heteroatoms. The number of benzene rings is 2. The molecule has 0 spiro atoms. The minimum atomic E-state index is 0. The minimum absolute atomic E-state index is 0. The van der Waals surface area contributed by atoms with E-state index in [1.165, 1.54) is 11.1 Å². The molecule has 1 atom stereocenters. The first kappa shape index (κ1) is 24.1. The average Bonchev–Trinajstić information content (AvgIpc) is 3.18. The van der Waals surface area contributed by atoms with Crippen LogP contribution in [0.25, 0.3) is 11.0 Å². The molecule has 0 aliphatic rings. The number of rotatable bonds is 10. The Kier molecular flexibility index (Phi) is 10.6. The summed E-state index contributed by atoms with van der Waals surface area (Å²) in [6.07, 6.45) is 3.96. The first-order valence-electron chi connectivity index (χ1n) is 10.3. The SMILES string of the molecule is CN=C(NCCCOC(C)c1ccccc1)NCCCn1cnc2ccccc21.I. The number of nitrogens with zero attached hydrogens (tertiary/aromatic N) is 3. The number of fused-ring (bicyclic) bond motifs is 1. The predicted octanol–water partition coefficient (Wildman–Crippen LogP) is 4.38. The lowest BCUT2D eigenvalue weighted by Crippen LogP contribution is -2.38. The van der Waals surface area contributed by atoms with Crippen molar-refractivity contribution in [2.45, 2.75) is 32.4 Å². The average molecular weight is 521 g/mol. The lowest BCUT2D eigenvalue weighted by molar-refractivity contribution is 0.0646. The van der Waals surface area contributed by atoms with E-state index < -0.39 is 0 Å². The van der Waals surface area contributed by atoms with Crippen molar-refractivity contribution in [2.24, 2.45) is 4.99 Å². The highest BCUT2D eigenvalue weighted by Gasteiger charge is 2.05. The van der Waals surface area contributed by atoms with Crippen LogP contribution < -0.4 is 10.6 Å². The molecule has 3 rings (SSSR count). The number of aromatic nitrogens is 2. The first-order valence-corrected chi connectivity index (χ1v) is 10.3. The Labute approximate surface area is 196 Å². The van der Waals surface area contributed by atoms with Crippen molar-refractivity contribution >= 4 is 41.0 Å². The number of hydrogen-bond donors (Lipinski definition) is 2. The summed E-state index contributed by atoms with van der Waals surface area (Å²) in [4.78, 5) is 8.72. The maximum absolute atomic E-state index is 5.91. The van der Waals surface area contributed by atoms with E-state index in [1.54, 1.807) is 7.05 Å². The molecule has 0 bridgehead atoms. The molecule has 0 aliphatic heterocycles. The Bertz CT molecular complexity index is 897. The van der Waals surface area contributed by atoms with Crippen molar-refractivity contribution in [3.05, 3.63) is 66.5 Å². The highest BCUT2D eigenvalue weighted by molar-refractivity contribution is 14.0. The van der Waals surface area contributed by atoms with E-state index in [0.717, 1.165) is 44.0 Å². The molecule has 0 fully saturated rings. The van der Waals surface area contributed by atoms with E-state index in [4.69, 9.17) is 4.74 Å². The topological polar surface area (TPSA) is 63.5 Å². The van der Waals surface area contributed by atoms with Crippen molar-refractivity contribution < 1.29 is 4.74 Å². The molecule has 6 nitrogen and oxygen atoms in total. The van der Waals surface area contributed by atoms with E-state index in [1.807, 2.05) is 36.7 Å². The van der Waals surface area contributed by atoms with Crippen LogP contribution in [0.1, 0.15) is 31.4 Å². The van der Waals surface area contributed by atoms with E-state index >= 15 is 0 Å². The highest BCUT2D eigenvalue weighted by atomic mass is 127. The summed E-state index contributed by atoms with van der Waals surface area (Å²) in [5.41, 5.74) is 3.44. The van der Waals surface area contributed by atoms with Crippen molar-refractivity contribution in [1.82, 2.24) is 20.2 Å². The van der Waals surface area contributed by atoms with Gasteiger partial charge in [0, 0.05) is 33.3 Å². The lowest BCUT2D eigenvalue weighted by Gasteiger charge is -2.15. The zero-order chi connectivity index (χ0) is 20.3. The third-order valence-electron chi connectivity index (χ3n) is 4.87. The highest BCUT2D eigenvalue weighted by Crippen LogP contribution is 2.15. The largest absolute Gasteiger partial charge is 0.374 e. The molecule has 3 aromatic rings. The van der Waals surface area contributed by atoms with Gasteiger partial charge in [-0.05, 0) is 37.5 Å². The maximum Gasteiger partial charge on any atom is 0.190 e. The Hall–Kier alpha value is -2.13. The minimum Gasteiger partial charge on any atom is -0.374 e. The summed E-state index contributed by atoms with van der Waals surface area (Å²) in [6.45, 7) is 5.41. The van der Waals surface area contributed by atoms with E-state index in [9.17, 15) is 0 Å². The molecule has 1 unspecified atom stereocenters. The van der Waals surface area contributed by atoms with Crippen molar-refractivity contribution in [3.63, 3.8) is 0 Å². The molecular formula is C23H32IN5O. The molecule has 0 amide bonds. The second-order valence-electron chi connectivity index (χ2n) is 6.98. The van der Waals surface area contributed by atoms with Gasteiger partial charge in [0.2, 0.25) is 0 Å². The first-order chi connectivity index (χ1) is 14.3. The number of hydrogen-bond acceptors (Lipinski definition) is 3. The Morgan fingerprint density at radius 3 is 2.50 bits per heavy atom. The number of nitrogens with one attached hydrogen (secondary N) is 2. The van der Waals surface area contributed by atoms with Crippen molar-refractivity contribution in [3.8, 4) is 0 Å². The quantitative estimate of drug-likeness (QED) is 0.180. The normalized spacial score (nSPS) is 12.4. The monoisotopic (exact) mass is 521 g/mol. The summed E-state index contributed by atoms with van der Waals surface area (Å²) >= 11 is 0. The second kappa shape index (κ2) is 13.2. The molecule has 0 radical (unpaired) electrons. The van der Waals surface area contributed by atoms with Crippen LogP contribution in [0.2, 0.25) is 0 Å². The number of imidazole rings is 1. The van der Waals surface area contributed by atoms with Crippen LogP contribution in [0.4, 0.5) is 0 Å². The van der Waals surface area contributed by atoms with E-state index in [2.05, 4.69) is 56.4 Å². The molecule has 0 aliphatic carbocycles.